The summed E-state index contributed by atoms with van der Waals surface area (Å²) in [7, 11) is 0. The van der Waals surface area contributed by atoms with Crippen LogP contribution in [0.5, 0.6) is 6.01 Å². The summed E-state index contributed by atoms with van der Waals surface area (Å²) in [6, 6.07) is 2.58. The number of rotatable bonds is 4. The van der Waals surface area contributed by atoms with Gasteiger partial charge in [-0.2, -0.15) is 4.98 Å². The lowest BCUT2D eigenvalue weighted by atomic mass is 10.2. The van der Waals surface area contributed by atoms with E-state index in [1.54, 1.807) is 13.1 Å². The molecule has 0 bridgehead atoms. The molecule has 24 heavy (non-hydrogen) atoms. The summed E-state index contributed by atoms with van der Waals surface area (Å²) in [6.45, 7) is 3.17. The highest BCUT2D eigenvalue weighted by Gasteiger charge is 2.13. The van der Waals surface area contributed by atoms with Crippen LogP contribution >= 0.6 is 0 Å². The van der Waals surface area contributed by atoms with Crippen molar-refractivity contribution in [3.63, 3.8) is 0 Å². The molecule has 1 aromatic carbocycles. The van der Waals surface area contributed by atoms with Gasteiger partial charge in [0.05, 0.1) is 6.20 Å². The van der Waals surface area contributed by atoms with E-state index in [0.717, 1.165) is 5.56 Å². The van der Waals surface area contributed by atoms with Crippen LogP contribution in [0.3, 0.4) is 0 Å². The quantitative estimate of drug-likeness (QED) is 0.787. The van der Waals surface area contributed by atoms with Crippen LogP contribution in [0.1, 0.15) is 16.8 Å². The summed E-state index contributed by atoms with van der Waals surface area (Å²) in [5.41, 5.74) is 6.87. The molecule has 2 N–H and O–H groups in total. The molecular weight excluding hydrogens is 318 g/mol. The molecule has 0 amide bonds. The number of anilines is 1. The van der Waals surface area contributed by atoms with Gasteiger partial charge in [0, 0.05) is 17.3 Å². The maximum atomic E-state index is 14.1. The fraction of sp³-hybridized carbons (Fsp3) is 0.200. The molecule has 3 rings (SSSR count). The number of aromatic nitrogens is 5. The average molecular weight is 332 g/mol. The number of hydrogen-bond acceptors (Lipinski definition) is 6. The van der Waals surface area contributed by atoms with E-state index in [-0.39, 0.29) is 23.9 Å². The van der Waals surface area contributed by atoms with Crippen molar-refractivity contribution in [1.82, 2.24) is 25.0 Å². The number of halogens is 2. The molecule has 2 aromatic heterocycles. The molecule has 0 aliphatic carbocycles. The van der Waals surface area contributed by atoms with Crippen molar-refractivity contribution < 1.29 is 13.5 Å². The summed E-state index contributed by atoms with van der Waals surface area (Å²) in [5.74, 6) is -0.983. The molecule has 0 radical (unpaired) electrons. The molecular formula is C15H14F2N6O. The summed E-state index contributed by atoms with van der Waals surface area (Å²) < 4.78 is 34.0. The highest BCUT2D eigenvalue weighted by atomic mass is 19.1. The molecule has 0 atom stereocenters. The largest absolute Gasteiger partial charge is 0.457 e. The summed E-state index contributed by atoms with van der Waals surface area (Å²) in [4.78, 5) is 7.96. The minimum absolute atomic E-state index is 0.0320. The first-order chi connectivity index (χ1) is 11.5. The first kappa shape index (κ1) is 15.8. The maximum Gasteiger partial charge on any atom is 0.318 e. The van der Waals surface area contributed by atoms with E-state index in [2.05, 4.69) is 20.3 Å². The monoisotopic (exact) mass is 332 g/mol. The van der Waals surface area contributed by atoms with Gasteiger partial charge in [-0.1, -0.05) is 5.21 Å². The van der Waals surface area contributed by atoms with Gasteiger partial charge >= 0.3 is 6.01 Å². The zero-order chi connectivity index (χ0) is 17.3. The molecule has 0 saturated carbocycles. The Morgan fingerprint density at radius 1 is 1.25 bits per heavy atom. The van der Waals surface area contributed by atoms with Crippen LogP contribution in [0.15, 0.2) is 24.5 Å². The number of hydrogen-bond donors (Lipinski definition) is 1. The maximum absolute atomic E-state index is 14.1. The minimum Gasteiger partial charge on any atom is -0.457 e. The van der Waals surface area contributed by atoms with E-state index < -0.39 is 11.6 Å². The van der Waals surface area contributed by atoms with Gasteiger partial charge in [-0.3, -0.25) is 0 Å². The predicted molar refractivity (Wildman–Crippen MR) is 81.5 cm³/mol. The number of nitrogen functional groups attached to an aromatic ring is 1. The second-order valence-corrected chi connectivity index (χ2v) is 5.17. The molecule has 9 heteroatoms. The molecule has 0 saturated heterocycles. The van der Waals surface area contributed by atoms with Crippen molar-refractivity contribution in [3.05, 3.63) is 53.0 Å². The number of aryl methyl sites for hydroxylation is 1. The predicted octanol–water partition coefficient (Wildman–Crippen LogP) is 2.11. The van der Waals surface area contributed by atoms with Gasteiger partial charge in [-0.05, 0) is 26.0 Å². The lowest BCUT2D eigenvalue weighted by Gasteiger charge is -2.05. The van der Waals surface area contributed by atoms with Crippen molar-refractivity contribution in [3.8, 4) is 11.7 Å². The van der Waals surface area contributed by atoms with Crippen LogP contribution in [0.4, 0.5) is 14.6 Å². The van der Waals surface area contributed by atoms with Gasteiger partial charge in [0.25, 0.3) is 0 Å². The molecule has 124 valence electrons. The van der Waals surface area contributed by atoms with Crippen molar-refractivity contribution in [1.29, 1.82) is 0 Å². The minimum atomic E-state index is -0.693. The number of nitrogens with zero attached hydrogens (tertiary/aromatic N) is 5. The summed E-state index contributed by atoms with van der Waals surface area (Å²) in [5, 5.41) is 7.70. The Kier molecular flexibility index (Phi) is 4.07. The first-order valence-electron chi connectivity index (χ1n) is 7.04. The van der Waals surface area contributed by atoms with Crippen molar-refractivity contribution >= 4 is 5.82 Å². The Hall–Kier alpha value is -3.10. The fourth-order valence-electron chi connectivity index (χ4n) is 1.95. The highest BCUT2D eigenvalue weighted by Crippen LogP contribution is 2.19. The Morgan fingerprint density at radius 2 is 2.04 bits per heavy atom. The second kappa shape index (κ2) is 6.19. The zero-order valence-electron chi connectivity index (χ0n) is 13.0. The van der Waals surface area contributed by atoms with Crippen LogP contribution in [-0.4, -0.2) is 25.0 Å². The van der Waals surface area contributed by atoms with Gasteiger partial charge in [-0.15, -0.1) is 5.10 Å². The molecule has 7 nitrogen and oxygen atoms in total. The Labute approximate surface area is 136 Å². The second-order valence-electron chi connectivity index (χ2n) is 5.17. The van der Waals surface area contributed by atoms with Crippen LogP contribution in [0, 0.1) is 25.5 Å². The van der Waals surface area contributed by atoms with Gasteiger partial charge in [0.2, 0.25) is 0 Å². The number of ether oxygens (including phenoxy) is 1. The van der Waals surface area contributed by atoms with E-state index in [1.807, 2.05) is 0 Å². The van der Waals surface area contributed by atoms with Crippen LogP contribution in [-0.2, 0) is 6.61 Å². The van der Waals surface area contributed by atoms with Crippen molar-refractivity contribution in [2.75, 3.05) is 5.73 Å². The molecule has 3 aromatic rings. The third-order valence-corrected chi connectivity index (χ3v) is 3.43. The van der Waals surface area contributed by atoms with E-state index >= 15 is 0 Å². The summed E-state index contributed by atoms with van der Waals surface area (Å²) in [6.07, 6.45) is 3.03. The van der Waals surface area contributed by atoms with E-state index in [9.17, 15) is 8.78 Å². The molecule has 0 aliphatic rings. The van der Waals surface area contributed by atoms with Crippen LogP contribution in [0.2, 0.25) is 0 Å². The number of nitrogens with two attached hydrogens (primary N) is 1. The molecule has 0 spiro atoms. The Morgan fingerprint density at radius 3 is 2.79 bits per heavy atom. The Bertz CT molecular complexity index is 896. The Balaban J connectivity index is 1.76. The third kappa shape index (κ3) is 3.00. The van der Waals surface area contributed by atoms with Crippen molar-refractivity contribution in [2.24, 2.45) is 0 Å². The van der Waals surface area contributed by atoms with Crippen LogP contribution in [0.25, 0.3) is 5.69 Å². The molecule has 0 fully saturated rings. The lowest BCUT2D eigenvalue weighted by molar-refractivity contribution is 0.276. The SMILES string of the molecule is Cc1cnc(OCc2cn(-c3ccc(F)c(C)c3F)nn2)nc1N. The van der Waals surface area contributed by atoms with Gasteiger partial charge in [-0.25, -0.2) is 18.4 Å². The standard InChI is InChI=1S/C15H14F2N6O/c1-8-5-19-15(20-14(8)18)24-7-10-6-23(22-21-10)12-4-3-11(16)9(2)13(12)17/h3-6H,7H2,1-2H3,(H2,18,19,20). The normalized spacial score (nSPS) is 10.8. The molecule has 2 heterocycles. The van der Waals surface area contributed by atoms with E-state index in [1.165, 1.54) is 29.9 Å². The van der Waals surface area contributed by atoms with Crippen LogP contribution < -0.4 is 10.5 Å². The zero-order valence-corrected chi connectivity index (χ0v) is 13.0. The van der Waals surface area contributed by atoms with E-state index in [4.69, 9.17) is 10.5 Å². The first-order valence-corrected chi connectivity index (χ1v) is 7.04. The topological polar surface area (TPSA) is 91.7 Å². The smallest absolute Gasteiger partial charge is 0.318 e. The highest BCUT2D eigenvalue weighted by molar-refractivity contribution is 5.38. The van der Waals surface area contributed by atoms with Gasteiger partial charge < -0.3 is 10.5 Å². The fourth-order valence-corrected chi connectivity index (χ4v) is 1.95. The van der Waals surface area contributed by atoms with Gasteiger partial charge in [0.15, 0.2) is 5.82 Å². The number of benzene rings is 1. The lowest BCUT2D eigenvalue weighted by Crippen LogP contribution is -2.03. The van der Waals surface area contributed by atoms with E-state index in [0.29, 0.717) is 11.5 Å². The van der Waals surface area contributed by atoms with Crippen molar-refractivity contribution in [2.45, 2.75) is 20.5 Å². The molecule has 0 unspecified atom stereocenters. The summed E-state index contributed by atoms with van der Waals surface area (Å²) >= 11 is 0. The van der Waals surface area contributed by atoms with Gasteiger partial charge in [0.1, 0.15) is 29.6 Å². The molecule has 0 aliphatic heterocycles. The average Bonchev–Trinajstić information content (AvgIpc) is 3.02. The third-order valence-electron chi connectivity index (χ3n) is 3.43.